The summed E-state index contributed by atoms with van der Waals surface area (Å²) in [6.07, 6.45) is 22.3. The van der Waals surface area contributed by atoms with Crippen molar-refractivity contribution in [3.8, 4) is 0 Å². The molecule has 0 aromatic heterocycles. The van der Waals surface area contributed by atoms with Gasteiger partial charge in [-0.15, -0.1) is 0 Å². The lowest BCUT2D eigenvalue weighted by Gasteiger charge is -2.33. The van der Waals surface area contributed by atoms with Crippen molar-refractivity contribution in [3.05, 3.63) is 73.2 Å². The van der Waals surface area contributed by atoms with Gasteiger partial charge in [0.05, 0.1) is 0 Å². The molecule has 0 bridgehead atoms. The van der Waals surface area contributed by atoms with Gasteiger partial charge >= 0.3 is 0 Å². The van der Waals surface area contributed by atoms with Gasteiger partial charge in [0.2, 0.25) is 0 Å². The van der Waals surface area contributed by atoms with Crippen LogP contribution in [0.3, 0.4) is 0 Å². The van der Waals surface area contributed by atoms with Crippen molar-refractivity contribution in [1.82, 2.24) is 4.90 Å². The lowest BCUT2D eigenvalue weighted by atomic mass is 9.92. The number of rotatable bonds is 10. The molecule has 2 unspecified atom stereocenters. The van der Waals surface area contributed by atoms with E-state index in [1.807, 2.05) is 19.2 Å². The summed E-state index contributed by atoms with van der Waals surface area (Å²) in [5.74, 6) is 2.05. The summed E-state index contributed by atoms with van der Waals surface area (Å²) in [6, 6.07) is 0. The first kappa shape index (κ1) is 22.0. The summed E-state index contributed by atoms with van der Waals surface area (Å²) in [5.41, 5.74) is 2.40. The highest BCUT2D eigenvalue weighted by Crippen LogP contribution is 2.29. The Labute approximate surface area is 161 Å². The first-order chi connectivity index (χ1) is 12.6. The van der Waals surface area contributed by atoms with Gasteiger partial charge in [-0.25, -0.2) is 0 Å². The van der Waals surface area contributed by atoms with Gasteiger partial charge in [0, 0.05) is 24.9 Å². The molecule has 142 valence electrons. The Morgan fingerprint density at radius 3 is 2.65 bits per heavy atom. The monoisotopic (exact) mass is 352 g/mol. The Kier molecular flexibility index (Phi) is 10.4. The average molecular weight is 353 g/mol. The summed E-state index contributed by atoms with van der Waals surface area (Å²) in [6.45, 7) is 14.8. The van der Waals surface area contributed by atoms with Gasteiger partial charge in [-0.2, -0.15) is 0 Å². The number of allylic oxidation sites excluding steroid dienone is 8. The van der Waals surface area contributed by atoms with E-state index in [2.05, 4.69) is 74.3 Å². The molecule has 0 saturated heterocycles. The molecule has 2 atom stereocenters. The minimum atomic E-state index is 0.419. The van der Waals surface area contributed by atoms with Crippen LogP contribution in [0.15, 0.2) is 78.2 Å². The van der Waals surface area contributed by atoms with E-state index in [0.29, 0.717) is 11.8 Å². The van der Waals surface area contributed by atoms with Crippen molar-refractivity contribution in [1.29, 1.82) is 0 Å². The molecule has 1 aliphatic rings. The van der Waals surface area contributed by atoms with E-state index in [4.69, 9.17) is 0 Å². The number of aliphatic imine (C=N–C) groups is 1. The van der Waals surface area contributed by atoms with Crippen molar-refractivity contribution < 1.29 is 0 Å². The largest absolute Gasteiger partial charge is 0.306 e. The molecule has 0 amide bonds. The second-order valence-corrected chi connectivity index (χ2v) is 6.91. The summed E-state index contributed by atoms with van der Waals surface area (Å²) < 4.78 is 0. The molecule has 0 spiro atoms. The molecule has 0 fully saturated rings. The Hall–Kier alpha value is -2.09. The fourth-order valence-corrected chi connectivity index (χ4v) is 3.17. The third-order valence-corrected chi connectivity index (χ3v) is 4.95. The van der Waals surface area contributed by atoms with Crippen molar-refractivity contribution >= 4 is 5.84 Å². The molecule has 0 saturated carbocycles. The number of amidine groups is 1. The van der Waals surface area contributed by atoms with Crippen LogP contribution < -0.4 is 0 Å². The van der Waals surface area contributed by atoms with Crippen LogP contribution >= 0.6 is 0 Å². The summed E-state index contributed by atoms with van der Waals surface area (Å²) >= 11 is 0. The second kappa shape index (κ2) is 12.3. The third-order valence-electron chi connectivity index (χ3n) is 4.95. The summed E-state index contributed by atoms with van der Waals surface area (Å²) in [7, 11) is 1.89. The zero-order chi connectivity index (χ0) is 19.4. The van der Waals surface area contributed by atoms with E-state index in [-0.39, 0.29) is 0 Å². The predicted octanol–water partition coefficient (Wildman–Crippen LogP) is 6.83. The smallest absolute Gasteiger partial charge is 0.110 e. The van der Waals surface area contributed by atoms with Gasteiger partial charge in [0.1, 0.15) is 5.84 Å². The number of unbranched alkanes of at least 4 members (excludes halogenated alkanes) is 2. The SMILES string of the molecule is C=C/C=C\C=C/CCCCC(C)C(=NC)N1C=CC=C(C(C)CC)C1=C. The van der Waals surface area contributed by atoms with Crippen LogP contribution in [-0.4, -0.2) is 17.8 Å². The molecule has 0 aliphatic carbocycles. The normalized spacial score (nSPS) is 17.8. The Morgan fingerprint density at radius 1 is 1.23 bits per heavy atom. The fraction of sp³-hybridized carbons (Fsp3) is 0.458. The maximum absolute atomic E-state index is 4.60. The minimum Gasteiger partial charge on any atom is -0.306 e. The molecule has 1 aliphatic heterocycles. The number of nitrogens with zero attached hydrogens (tertiary/aromatic N) is 2. The summed E-state index contributed by atoms with van der Waals surface area (Å²) in [4.78, 5) is 6.79. The first-order valence-electron chi connectivity index (χ1n) is 9.84. The molecule has 1 rings (SSSR count). The Balaban J connectivity index is 2.55. The van der Waals surface area contributed by atoms with Crippen LogP contribution in [0.1, 0.15) is 52.9 Å². The predicted molar refractivity (Wildman–Crippen MR) is 117 cm³/mol. The van der Waals surface area contributed by atoms with Crippen LogP contribution in [0.4, 0.5) is 0 Å². The zero-order valence-electron chi connectivity index (χ0n) is 17.1. The van der Waals surface area contributed by atoms with Crippen LogP contribution in [0, 0.1) is 11.8 Å². The number of hydrogen-bond donors (Lipinski definition) is 0. The lowest BCUT2D eigenvalue weighted by Crippen LogP contribution is -2.33. The van der Waals surface area contributed by atoms with Crippen molar-refractivity contribution in [3.63, 3.8) is 0 Å². The van der Waals surface area contributed by atoms with E-state index in [0.717, 1.165) is 30.8 Å². The molecule has 0 aromatic rings. The van der Waals surface area contributed by atoms with Crippen LogP contribution in [0.5, 0.6) is 0 Å². The quantitative estimate of drug-likeness (QED) is 0.182. The van der Waals surface area contributed by atoms with E-state index < -0.39 is 0 Å². The van der Waals surface area contributed by atoms with Gasteiger partial charge in [0.25, 0.3) is 0 Å². The van der Waals surface area contributed by atoms with Gasteiger partial charge in [-0.05, 0) is 43.3 Å². The second-order valence-electron chi connectivity index (χ2n) is 6.91. The van der Waals surface area contributed by atoms with Crippen LogP contribution in [0.2, 0.25) is 0 Å². The Bertz CT molecular complexity index is 602. The summed E-state index contributed by atoms with van der Waals surface area (Å²) in [5, 5.41) is 0. The van der Waals surface area contributed by atoms with Crippen molar-refractivity contribution in [2.45, 2.75) is 52.9 Å². The molecule has 0 N–H and O–H groups in total. The first-order valence-corrected chi connectivity index (χ1v) is 9.84. The van der Waals surface area contributed by atoms with E-state index in [1.54, 1.807) is 6.08 Å². The average Bonchev–Trinajstić information content (AvgIpc) is 2.65. The highest BCUT2D eigenvalue weighted by molar-refractivity contribution is 5.87. The van der Waals surface area contributed by atoms with Gasteiger partial charge in [-0.3, -0.25) is 4.99 Å². The maximum atomic E-state index is 4.60. The van der Waals surface area contributed by atoms with Crippen molar-refractivity contribution in [2.24, 2.45) is 16.8 Å². The maximum Gasteiger partial charge on any atom is 0.110 e. The highest BCUT2D eigenvalue weighted by Gasteiger charge is 2.23. The Morgan fingerprint density at radius 2 is 2.00 bits per heavy atom. The zero-order valence-corrected chi connectivity index (χ0v) is 17.1. The van der Waals surface area contributed by atoms with Crippen molar-refractivity contribution in [2.75, 3.05) is 7.05 Å². The van der Waals surface area contributed by atoms with E-state index >= 15 is 0 Å². The van der Waals surface area contributed by atoms with Gasteiger partial charge in [-0.1, -0.05) is 76.8 Å². The molecule has 0 aromatic carbocycles. The topological polar surface area (TPSA) is 15.6 Å². The standard InChI is InChI=1S/C24H36N2/c1-7-9-10-11-12-13-14-15-17-21(4)24(25-6)26-19-16-18-23(22(26)5)20(3)8-2/h7,9-12,16,18-21H,1,5,8,13-15,17H2,2-4,6H3/b10-9-,12-11-,25-24?. The third kappa shape index (κ3) is 6.67. The highest BCUT2D eigenvalue weighted by atomic mass is 15.2. The molecule has 26 heavy (non-hydrogen) atoms. The van der Waals surface area contributed by atoms with E-state index in [1.165, 1.54) is 18.4 Å². The molecule has 2 heteroatoms. The van der Waals surface area contributed by atoms with Gasteiger partial charge in [0.15, 0.2) is 0 Å². The lowest BCUT2D eigenvalue weighted by molar-refractivity contribution is 0.535. The molecular weight excluding hydrogens is 316 g/mol. The van der Waals surface area contributed by atoms with E-state index in [9.17, 15) is 0 Å². The van der Waals surface area contributed by atoms with Crippen LogP contribution in [-0.2, 0) is 0 Å². The van der Waals surface area contributed by atoms with Crippen LogP contribution in [0.25, 0.3) is 0 Å². The number of hydrogen-bond acceptors (Lipinski definition) is 1. The fourth-order valence-electron chi connectivity index (χ4n) is 3.17. The van der Waals surface area contributed by atoms with Gasteiger partial charge < -0.3 is 4.90 Å². The molecular formula is C24H36N2. The molecule has 1 heterocycles. The minimum absolute atomic E-state index is 0.419. The molecule has 0 radical (unpaired) electrons. The molecule has 2 nitrogen and oxygen atoms in total.